The van der Waals surface area contributed by atoms with Crippen LogP contribution in [0.15, 0.2) is 47.4 Å². The molecule has 3 aromatic rings. The van der Waals surface area contributed by atoms with E-state index in [2.05, 4.69) is 16.0 Å². The molecule has 7 nitrogen and oxygen atoms in total. The van der Waals surface area contributed by atoms with Crippen LogP contribution in [0.2, 0.25) is 0 Å². The van der Waals surface area contributed by atoms with Crippen LogP contribution in [-0.4, -0.2) is 41.6 Å². The third-order valence-electron chi connectivity index (χ3n) is 7.88. The Morgan fingerprint density at radius 3 is 2.35 bits per heavy atom. The Kier molecular flexibility index (Phi) is 6.32. The number of hydrogen-bond acceptors (Lipinski definition) is 4. The van der Waals surface area contributed by atoms with Gasteiger partial charge in [-0.3, -0.25) is 14.4 Å². The average molecular weight is 499 g/mol. The van der Waals surface area contributed by atoms with Crippen LogP contribution in [0.25, 0.3) is 21.9 Å². The van der Waals surface area contributed by atoms with Gasteiger partial charge in [0.05, 0.1) is 5.56 Å². The molecule has 2 aromatic carbocycles. The smallest absolute Gasteiger partial charge is 0.258 e. The Morgan fingerprint density at radius 1 is 0.892 bits per heavy atom. The molecular weight excluding hydrogens is 464 g/mol. The van der Waals surface area contributed by atoms with Crippen LogP contribution >= 0.6 is 0 Å². The molecule has 0 spiro atoms. The molecule has 3 aliphatic rings. The Hall–Kier alpha value is -3.45. The topological polar surface area (TPSA) is 92.2 Å². The fourth-order valence-electron chi connectivity index (χ4n) is 5.26. The van der Waals surface area contributed by atoms with Gasteiger partial charge in [0, 0.05) is 41.2 Å². The van der Waals surface area contributed by atoms with E-state index in [0.29, 0.717) is 34.4 Å². The summed E-state index contributed by atoms with van der Waals surface area (Å²) in [7, 11) is 0. The Morgan fingerprint density at radius 2 is 1.62 bits per heavy atom. The molecule has 7 heteroatoms. The van der Waals surface area contributed by atoms with Gasteiger partial charge in [0.15, 0.2) is 0 Å². The van der Waals surface area contributed by atoms with Gasteiger partial charge in [-0.25, -0.2) is 0 Å². The lowest BCUT2D eigenvalue weighted by atomic mass is 9.94. The van der Waals surface area contributed by atoms with Crippen LogP contribution < -0.4 is 21.5 Å². The summed E-state index contributed by atoms with van der Waals surface area (Å²) < 4.78 is 1.73. The van der Waals surface area contributed by atoms with Crippen molar-refractivity contribution in [3.63, 3.8) is 0 Å². The SMILES string of the molecule is Cc1ccc(C(=O)NC2CC2)cc1-c1ccc2c(=O)n(CC3CC3)cc(C(=O)NC3CCNCC3)c2c1. The number of rotatable bonds is 7. The quantitative estimate of drug-likeness (QED) is 0.463. The second-order valence-electron chi connectivity index (χ2n) is 11.0. The molecule has 192 valence electrons. The van der Waals surface area contributed by atoms with Gasteiger partial charge >= 0.3 is 0 Å². The normalized spacial score (nSPS) is 18.1. The number of nitrogens with zero attached hydrogens (tertiary/aromatic N) is 1. The van der Waals surface area contributed by atoms with Gasteiger partial charge in [-0.05, 0) is 105 Å². The van der Waals surface area contributed by atoms with Crippen molar-refractivity contribution in [1.82, 2.24) is 20.5 Å². The van der Waals surface area contributed by atoms with Crippen molar-refractivity contribution < 1.29 is 9.59 Å². The van der Waals surface area contributed by atoms with Crippen molar-refractivity contribution in [2.45, 2.75) is 64.1 Å². The first-order valence-electron chi connectivity index (χ1n) is 13.6. The maximum Gasteiger partial charge on any atom is 0.258 e. The summed E-state index contributed by atoms with van der Waals surface area (Å²) in [6.07, 6.45) is 7.88. The first kappa shape index (κ1) is 23.9. The van der Waals surface area contributed by atoms with E-state index < -0.39 is 0 Å². The van der Waals surface area contributed by atoms with Gasteiger partial charge in [-0.2, -0.15) is 0 Å². The van der Waals surface area contributed by atoms with Crippen LogP contribution in [0, 0.1) is 12.8 Å². The molecule has 6 rings (SSSR count). The highest BCUT2D eigenvalue weighted by Gasteiger charge is 2.26. The fourth-order valence-corrected chi connectivity index (χ4v) is 5.26. The minimum atomic E-state index is -0.132. The zero-order chi connectivity index (χ0) is 25.5. The molecule has 0 radical (unpaired) electrons. The van der Waals surface area contributed by atoms with E-state index in [1.54, 1.807) is 10.8 Å². The molecule has 3 N–H and O–H groups in total. The highest BCUT2D eigenvalue weighted by atomic mass is 16.2. The average Bonchev–Trinajstić information content (AvgIpc) is 3.84. The number of piperidine rings is 1. The van der Waals surface area contributed by atoms with Crippen molar-refractivity contribution in [1.29, 1.82) is 0 Å². The third-order valence-corrected chi connectivity index (χ3v) is 7.88. The Labute approximate surface area is 216 Å². The molecular formula is C30H34N4O3. The number of carbonyl (C=O) groups excluding carboxylic acids is 2. The van der Waals surface area contributed by atoms with Crippen molar-refractivity contribution in [2.75, 3.05) is 13.1 Å². The van der Waals surface area contributed by atoms with Crippen LogP contribution in [-0.2, 0) is 6.54 Å². The first-order valence-corrected chi connectivity index (χ1v) is 13.6. The van der Waals surface area contributed by atoms with E-state index in [0.717, 1.165) is 68.3 Å². The van der Waals surface area contributed by atoms with Crippen molar-refractivity contribution >= 4 is 22.6 Å². The molecule has 2 heterocycles. The lowest BCUT2D eigenvalue weighted by molar-refractivity contribution is 0.0927. The summed E-state index contributed by atoms with van der Waals surface area (Å²) in [5.74, 6) is 0.323. The van der Waals surface area contributed by atoms with Crippen LogP contribution in [0.1, 0.15) is 64.8 Å². The van der Waals surface area contributed by atoms with Gasteiger partial charge in [-0.15, -0.1) is 0 Å². The molecule has 1 aliphatic heterocycles. The molecule has 2 amide bonds. The number of hydrogen-bond donors (Lipinski definition) is 3. The number of amides is 2. The highest BCUT2D eigenvalue weighted by molar-refractivity contribution is 6.08. The standard InChI is InChI=1S/C30H34N4O3/c1-18-2-5-21(28(35)32-22-7-8-22)15-25(18)20-6-9-24-26(14-20)27(17-34(30(24)37)16-19-3-4-19)29(36)33-23-10-12-31-13-11-23/h2,5-6,9,14-15,17,19,22-23,31H,3-4,7-8,10-13,16H2,1H3,(H,32,35)(H,33,36). The minimum Gasteiger partial charge on any atom is -0.349 e. The summed E-state index contributed by atoms with van der Waals surface area (Å²) >= 11 is 0. The van der Waals surface area contributed by atoms with Crippen molar-refractivity contribution in [3.05, 3.63) is 69.6 Å². The summed E-state index contributed by atoms with van der Waals surface area (Å²) in [6.45, 7) is 4.45. The number of fused-ring (bicyclic) bond motifs is 1. The predicted octanol–water partition coefficient (Wildman–Crippen LogP) is 3.76. The number of carbonyl (C=O) groups is 2. The van der Waals surface area contributed by atoms with Gasteiger partial charge < -0.3 is 20.5 Å². The minimum absolute atomic E-state index is 0.0545. The molecule has 1 saturated heterocycles. The Balaban J connectivity index is 1.41. The third kappa shape index (κ3) is 5.18. The number of nitrogens with one attached hydrogen (secondary N) is 3. The monoisotopic (exact) mass is 498 g/mol. The maximum absolute atomic E-state index is 13.6. The summed E-state index contributed by atoms with van der Waals surface area (Å²) in [4.78, 5) is 39.6. The largest absolute Gasteiger partial charge is 0.349 e. The molecule has 0 atom stereocenters. The van der Waals surface area contributed by atoms with E-state index >= 15 is 0 Å². The van der Waals surface area contributed by atoms with Gasteiger partial charge in [0.1, 0.15) is 0 Å². The summed E-state index contributed by atoms with van der Waals surface area (Å²) in [6, 6.07) is 11.9. The fraction of sp³-hybridized carbons (Fsp3) is 0.433. The van der Waals surface area contributed by atoms with Crippen molar-refractivity contribution in [3.8, 4) is 11.1 Å². The van der Waals surface area contributed by atoms with Crippen LogP contribution in [0.5, 0.6) is 0 Å². The van der Waals surface area contributed by atoms with E-state index in [9.17, 15) is 14.4 Å². The zero-order valence-corrected chi connectivity index (χ0v) is 21.3. The number of pyridine rings is 1. The van der Waals surface area contributed by atoms with Crippen LogP contribution in [0.4, 0.5) is 0 Å². The van der Waals surface area contributed by atoms with Gasteiger partial charge in [-0.1, -0.05) is 12.1 Å². The second kappa shape index (κ2) is 9.78. The van der Waals surface area contributed by atoms with E-state index in [-0.39, 0.29) is 29.5 Å². The molecule has 37 heavy (non-hydrogen) atoms. The number of benzene rings is 2. The number of aromatic nitrogens is 1. The molecule has 0 unspecified atom stereocenters. The molecule has 3 fully saturated rings. The maximum atomic E-state index is 13.6. The summed E-state index contributed by atoms with van der Waals surface area (Å²) in [5, 5.41) is 10.8. The Bertz CT molecular complexity index is 1430. The van der Waals surface area contributed by atoms with Gasteiger partial charge in [0.2, 0.25) is 0 Å². The second-order valence-corrected chi connectivity index (χ2v) is 11.0. The van der Waals surface area contributed by atoms with Crippen molar-refractivity contribution in [2.24, 2.45) is 5.92 Å². The zero-order valence-electron chi connectivity index (χ0n) is 21.3. The van der Waals surface area contributed by atoms with Gasteiger partial charge in [0.25, 0.3) is 17.4 Å². The molecule has 2 saturated carbocycles. The highest BCUT2D eigenvalue weighted by Crippen LogP contribution is 2.32. The predicted molar refractivity (Wildman–Crippen MR) is 145 cm³/mol. The lowest BCUT2D eigenvalue weighted by Gasteiger charge is -2.24. The number of aryl methyl sites for hydroxylation is 1. The molecule has 0 bridgehead atoms. The first-order chi connectivity index (χ1) is 18.0. The van der Waals surface area contributed by atoms with E-state index in [1.807, 2.05) is 43.3 Å². The van der Waals surface area contributed by atoms with E-state index in [4.69, 9.17) is 0 Å². The van der Waals surface area contributed by atoms with E-state index in [1.165, 1.54) is 0 Å². The summed E-state index contributed by atoms with van der Waals surface area (Å²) in [5.41, 5.74) is 3.96. The molecule has 1 aromatic heterocycles. The van der Waals surface area contributed by atoms with Crippen LogP contribution in [0.3, 0.4) is 0 Å². The molecule has 2 aliphatic carbocycles. The lowest BCUT2D eigenvalue weighted by Crippen LogP contribution is -2.43.